The molecular weight excluding hydrogens is 378 g/mol. The van der Waals surface area contributed by atoms with Gasteiger partial charge in [-0.2, -0.15) is 0 Å². The molecule has 0 aliphatic carbocycles. The molecule has 0 unspecified atom stereocenters. The number of carbonyl (C=O) groups excluding carboxylic acids is 1. The van der Waals surface area contributed by atoms with Crippen molar-refractivity contribution in [3.05, 3.63) is 64.6 Å². The molecule has 0 radical (unpaired) electrons. The summed E-state index contributed by atoms with van der Waals surface area (Å²) in [6.07, 6.45) is 1.67. The molecule has 0 bridgehead atoms. The monoisotopic (exact) mass is 403 g/mol. The van der Waals surface area contributed by atoms with Crippen LogP contribution in [0.1, 0.15) is 11.6 Å². The maximum atomic E-state index is 12.7. The van der Waals surface area contributed by atoms with Gasteiger partial charge < -0.3 is 14.2 Å². The molecule has 2 aliphatic rings. The van der Waals surface area contributed by atoms with Crippen LogP contribution in [0.25, 0.3) is 0 Å². The maximum Gasteiger partial charge on any atom is 0.250 e. The molecule has 4 rings (SSSR count). The average molecular weight is 404 g/mol. The zero-order valence-electron chi connectivity index (χ0n) is 16.2. The summed E-state index contributed by atoms with van der Waals surface area (Å²) in [5, 5.41) is 0. The molecule has 6 nitrogen and oxygen atoms in total. The van der Waals surface area contributed by atoms with Crippen molar-refractivity contribution < 1.29 is 9.53 Å². The second-order valence-electron chi connectivity index (χ2n) is 7.55. The number of aromatic nitrogens is 1. The highest BCUT2D eigenvalue weighted by Crippen LogP contribution is 2.44. The fraction of sp³-hybridized carbons (Fsp3) is 0.429. The number of halogens is 1. The number of methoxy groups -OCH3 is 1. The van der Waals surface area contributed by atoms with E-state index >= 15 is 0 Å². The Labute approximate surface area is 171 Å². The van der Waals surface area contributed by atoms with Crippen LogP contribution in [0.15, 0.2) is 53.5 Å². The van der Waals surface area contributed by atoms with Crippen molar-refractivity contribution in [2.75, 3.05) is 33.8 Å². The third-order valence-electron chi connectivity index (χ3n) is 5.91. The van der Waals surface area contributed by atoms with Crippen LogP contribution in [-0.4, -0.2) is 54.1 Å². The summed E-state index contributed by atoms with van der Waals surface area (Å²) >= 11 is 0. The molecule has 2 aromatic rings. The summed E-state index contributed by atoms with van der Waals surface area (Å²) in [5.41, 5.74) is 1.13. The molecule has 0 spiro atoms. The number of carbonyl (C=O) groups is 1. The van der Waals surface area contributed by atoms with Gasteiger partial charge in [-0.15, -0.1) is 12.4 Å². The van der Waals surface area contributed by atoms with Crippen molar-refractivity contribution in [1.82, 2.24) is 14.4 Å². The Kier molecular flexibility index (Phi) is 6.10. The van der Waals surface area contributed by atoms with E-state index in [4.69, 9.17) is 4.74 Å². The first-order valence-electron chi connectivity index (χ1n) is 9.34. The number of hydrogen-bond acceptors (Lipinski definition) is 4. The number of benzene rings is 1. The van der Waals surface area contributed by atoms with E-state index in [0.29, 0.717) is 17.9 Å². The summed E-state index contributed by atoms with van der Waals surface area (Å²) in [5.74, 6) is 1.76. The molecule has 3 atom stereocenters. The van der Waals surface area contributed by atoms with Crippen LogP contribution >= 0.6 is 12.4 Å². The number of likely N-dealkylation sites (tertiary alicyclic amines) is 2. The fourth-order valence-corrected chi connectivity index (χ4v) is 4.60. The van der Waals surface area contributed by atoms with Crippen LogP contribution < -0.4 is 10.3 Å². The van der Waals surface area contributed by atoms with E-state index in [2.05, 4.69) is 24.1 Å². The van der Waals surface area contributed by atoms with Crippen molar-refractivity contribution in [1.29, 1.82) is 0 Å². The summed E-state index contributed by atoms with van der Waals surface area (Å²) < 4.78 is 6.74. The van der Waals surface area contributed by atoms with Crippen LogP contribution in [0.4, 0.5) is 0 Å². The third kappa shape index (κ3) is 3.80. The highest BCUT2D eigenvalue weighted by atomic mass is 35.5. The van der Waals surface area contributed by atoms with Gasteiger partial charge in [-0.1, -0.05) is 18.2 Å². The molecule has 0 saturated carbocycles. The van der Waals surface area contributed by atoms with Crippen LogP contribution in [0, 0.1) is 11.8 Å². The van der Waals surface area contributed by atoms with E-state index in [9.17, 15) is 9.59 Å². The van der Waals surface area contributed by atoms with E-state index in [-0.39, 0.29) is 30.4 Å². The maximum absolute atomic E-state index is 12.7. The van der Waals surface area contributed by atoms with Crippen LogP contribution in [0.2, 0.25) is 0 Å². The van der Waals surface area contributed by atoms with Crippen molar-refractivity contribution >= 4 is 18.3 Å². The van der Waals surface area contributed by atoms with Gasteiger partial charge >= 0.3 is 0 Å². The summed E-state index contributed by atoms with van der Waals surface area (Å²) in [7, 11) is 3.83. The summed E-state index contributed by atoms with van der Waals surface area (Å²) in [6, 6.07) is 13.5. The lowest BCUT2D eigenvalue weighted by Gasteiger charge is -2.27. The predicted octanol–water partition coefficient (Wildman–Crippen LogP) is 2.04. The minimum atomic E-state index is -0.138. The Bertz CT molecular complexity index is 883. The molecule has 2 aliphatic heterocycles. The van der Waals surface area contributed by atoms with Crippen LogP contribution in [0.3, 0.4) is 0 Å². The smallest absolute Gasteiger partial charge is 0.250 e. The molecule has 1 aromatic carbocycles. The van der Waals surface area contributed by atoms with Crippen LogP contribution in [0.5, 0.6) is 5.75 Å². The van der Waals surface area contributed by atoms with Gasteiger partial charge in [-0.05, 0) is 36.7 Å². The highest BCUT2D eigenvalue weighted by molar-refractivity contribution is 5.85. The second kappa shape index (κ2) is 8.37. The Morgan fingerprint density at radius 2 is 1.86 bits per heavy atom. The van der Waals surface area contributed by atoms with Gasteiger partial charge in [0.15, 0.2) is 0 Å². The van der Waals surface area contributed by atoms with E-state index in [1.165, 1.54) is 16.2 Å². The Morgan fingerprint density at radius 3 is 2.54 bits per heavy atom. The van der Waals surface area contributed by atoms with Crippen molar-refractivity contribution in [3.63, 3.8) is 0 Å². The quantitative estimate of drug-likeness (QED) is 0.784. The molecule has 28 heavy (non-hydrogen) atoms. The number of amides is 1. The average Bonchev–Trinajstić information content (AvgIpc) is 3.20. The number of rotatable bonds is 4. The molecule has 2 saturated heterocycles. The minimum Gasteiger partial charge on any atom is -0.497 e. The standard InChI is InChI=1S/C21H25N3O3.ClH/c1-22-11-16-12-24(20(26)14-23-10-4-3-5-19(23)25)13-18(16)21(22)15-6-8-17(27-2)9-7-15;/h3-10,16,18,21H,11-14H2,1-2H3;1H/t16-,18+,21+;/m0./s1. The number of nitrogens with zero attached hydrogens (tertiary/aromatic N) is 3. The number of ether oxygens (including phenoxy) is 1. The first kappa shape index (κ1) is 20.4. The Balaban J connectivity index is 0.00000225. The van der Waals surface area contributed by atoms with E-state index in [1.807, 2.05) is 17.0 Å². The van der Waals surface area contributed by atoms with Gasteiger partial charge in [0.2, 0.25) is 5.91 Å². The Morgan fingerprint density at radius 1 is 1.11 bits per heavy atom. The van der Waals surface area contributed by atoms with Gasteiger partial charge in [0.25, 0.3) is 5.56 Å². The molecule has 2 fully saturated rings. The zero-order valence-corrected chi connectivity index (χ0v) is 17.0. The first-order chi connectivity index (χ1) is 13.1. The molecular formula is C21H26ClN3O3. The van der Waals surface area contributed by atoms with E-state index < -0.39 is 0 Å². The lowest BCUT2D eigenvalue weighted by molar-refractivity contribution is -0.131. The van der Waals surface area contributed by atoms with Crippen LogP contribution in [-0.2, 0) is 11.3 Å². The number of pyridine rings is 1. The van der Waals surface area contributed by atoms with Gasteiger partial charge in [0, 0.05) is 43.9 Å². The normalized spacial score (nSPS) is 23.9. The van der Waals surface area contributed by atoms with Gasteiger partial charge in [0.05, 0.1) is 7.11 Å². The van der Waals surface area contributed by atoms with Gasteiger partial charge in [-0.25, -0.2) is 0 Å². The largest absolute Gasteiger partial charge is 0.497 e. The first-order valence-corrected chi connectivity index (χ1v) is 9.34. The lowest BCUT2D eigenvalue weighted by atomic mass is 9.89. The van der Waals surface area contributed by atoms with E-state index in [1.54, 1.807) is 25.4 Å². The summed E-state index contributed by atoms with van der Waals surface area (Å²) in [4.78, 5) is 28.9. The van der Waals surface area contributed by atoms with Gasteiger partial charge in [0.1, 0.15) is 12.3 Å². The van der Waals surface area contributed by atoms with E-state index in [0.717, 1.165) is 25.4 Å². The SMILES string of the molecule is COc1ccc([C@@H]2[C@@H]3CN(C(=O)Cn4ccccc4=O)C[C@@H]3CN2C)cc1.Cl. The topological polar surface area (TPSA) is 54.8 Å². The molecule has 3 heterocycles. The predicted molar refractivity (Wildman–Crippen MR) is 110 cm³/mol. The number of fused-ring (bicyclic) bond motifs is 1. The molecule has 1 aromatic heterocycles. The zero-order chi connectivity index (χ0) is 19.0. The fourth-order valence-electron chi connectivity index (χ4n) is 4.60. The molecule has 0 N–H and O–H groups in total. The highest BCUT2D eigenvalue weighted by Gasteiger charge is 2.47. The van der Waals surface area contributed by atoms with Crippen molar-refractivity contribution in [2.24, 2.45) is 11.8 Å². The molecule has 7 heteroatoms. The van der Waals surface area contributed by atoms with Gasteiger partial charge in [-0.3, -0.25) is 14.5 Å². The van der Waals surface area contributed by atoms with Crippen molar-refractivity contribution in [2.45, 2.75) is 12.6 Å². The number of hydrogen-bond donors (Lipinski definition) is 0. The second-order valence-corrected chi connectivity index (χ2v) is 7.55. The third-order valence-corrected chi connectivity index (χ3v) is 5.91. The molecule has 1 amide bonds. The lowest BCUT2D eigenvalue weighted by Crippen LogP contribution is -2.37. The Hall–Kier alpha value is -2.31. The van der Waals surface area contributed by atoms with Crippen molar-refractivity contribution in [3.8, 4) is 5.75 Å². The minimum absolute atomic E-state index is 0. The molecule has 150 valence electrons. The summed E-state index contributed by atoms with van der Waals surface area (Å²) in [6.45, 7) is 2.60.